The molecule has 0 spiro atoms. The van der Waals surface area contributed by atoms with E-state index < -0.39 is 41.0 Å². The molecule has 6 nitrogen and oxygen atoms in total. The summed E-state index contributed by atoms with van der Waals surface area (Å²) in [7, 11) is 4.41. The number of amides is 1. The monoisotopic (exact) mass is 487 g/mol. The number of nitrogens with zero attached hydrogens (tertiary/aromatic N) is 2. The molecule has 0 aliphatic rings. The number of aryl methyl sites for hydroxylation is 1. The molecule has 12 heteroatoms. The van der Waals surface area contributed by atoms with Crippen LogP contribution in [0.3, 0.4) is 0 Å². The minimum atomic E-state index is -5.09. The summed E-state index contributed by atoms with van der Waals surface area (Å²) in [5.41, 5.74) is -3.62. The van der Waals surface area contributed by atoms with Gasteiger partial charge in [-0.05, 0) is 35.9 Å². The highest BCUT2D eigenvalue weighted by Crippen LogP contribution is 2.37. The van der Waals surface area contributed by atoms with Gasteiger partial charge in [-0.3, -0.25) is 4.79 Å². The van der Waals surface area contributed by atoms with E-state index in [4.69, 9.17) is 9.47 Å². The number of carbonyl (C=O) groups is 1. The lowest BCUT2D eigenvalue weighted by atomic mass is 10.0. The molecule has 34 heavy (non-hydrogen) atoms. The van der Waals surface area contributed by atoms with Crippen molar-refractivity contribution in [2.75, 3.05) is 14.2 Å². The number of alkyl halides is 6. The zero-order valence-electron chi connectivity index (χ0n) is 18.1. The van der Waals surface area contributed by atoms with E-state index >= 15 is 0 Å². The highest BCUT2D eigenvalue weighted by molar-refractivity contribution is 5.95. The van der Waals surface area contributed by atoms with Crippen LogP contribution in [0.1, 0.15) is 38.9 Å². The maximum Gasteiger partial charge on any atom is 0.416 e. The van der Waals surface area contributed by atoms with Crippen LogP contribution in [-0.4, -0.2) is 29.7 Å². The standard InChI is InChI=1S/C22H19F6N3O3/c1-31-5-4-29-19(31)18(12-8-16(33-2)11-17(9-12)34-3)30-20(32)13-6-14(21(23,24)25)10-15(7-13)22(26,27)28/h4-11,18H,1-3H3,(H,30,32). The second-order valence-corrected chi connectivity index (χ2v) is 7.24. The Morgan fingerprint density at radius 2 is 1.44 bits per heavy atom. The van der Waals surface area contributed by atoms with E-state index in [1.54, 1.807) is 23.9 Å². The Kier molecular flexibility index (Phi) is 6.80. The van der Waals surface area contributed by atoms with Crippen molar-refractivity contribution in [2.24, 2.45) is 7.05 Å². The molecular weight excluding hydrogens is 468 g/mol. The second-order valence-electron chi connectivity index (χ2n) is 7.24. The Balaban J connectivity index is 2.10. The first-order chi connectivity index (χ1) is 15.8. The summed E-state index contributed by atoms with van der Waals surface area (Å²) in [5, 5.41) is 2.48. The van der Waals surface area contributed by atoms with Crippen LogP contribution in [0.2, 0.25) is 0 Å². The topological polar surface area (TPSA) is 65.4 Å². The Labute approximate surface area is 190 Å². The average molecular weight is 487 g/mol. The van der Waals surface area contributed by atoms with Crippen molar-refractivity contribution in [2.45, 2.75) is 18.4 Å². The number of benzene rings is 2. The van der Waals surface area contributed by atoms with Crippen molar-refractivity contribution in [1.29, 1.82) is 0 Å². The zero-order chi connectivity index (χ0) is 25.3. The first kappa shape index (κ1) is 24.9. The molecule has 1 heterocycles. The largest absolute Gasteiger partial charge is 0.497 e. The maximum atomic E-state index is 13.2. The van der Waals surface area contributed by atoms with Crippen LogP contribution in [0.15, 0.2) is 48.8 Å². The summed E-state index contributed by atoms with van der Waals surface area (Å²) < 4.78 is 91.4. The number of hydrogen-bond donors (Lipinski definition) is 1. The Hall–Kier alpha value is -3.70. The van der Waals surface area contributed by atoms with Gasteiger partial charge >= 0.3 is 12.4 Å². The minimum absolute atomic E-state index is 0.0417. The molecule has 0 aliphatic heterocycles. The normalized spacial score (nSPS) is 12.9. The number of methoxy groups -OCH3 is 2. The van der Waals surface area contributed by atoms with E-state index in [0.717, 1.165) is 0 Å². The Bertz CT molecular complexity index is 1130. The first-order valence-electron chi connectivity index (χ1n) is 9.64. The lowest BCUT2D eigenvalue weighted by molar-refractivity contribution is -0.143. The fourth-order valence-electron chi connectivity index (χ4n) is 3.25. The summed E-state index contributed by atoms with van der Waals surface area (Å²) in [5.74, 6) is -0.194. The smallest absolute Gasteiger partial charge is 0.416 e. The molecule has 1 atom stereocenters. The van der Waals surface area contributed by atoms with Crippen molar-refractivity contribution in [3.8, 4) is 11.5 Å². The number of aromatic nitrogens is 2. The van der Waals surface area contributed by atoms with E-state index in [9.17, 15) is 31.1 Å². The molecule has 1 unspecified atom stereocenters. The molecule has 0 radical (unpaired) electrons. The first-order valence-corrected chi connectivity index (χ1v) is 9.64. The highest BCUT2D eigenvalue weighted by atomic mass is 19.4. The quantitative estimate of drug-likeness (QED) is 0.498. The number of nitrogens with one attached hydrogen (secondary N) is 1. The molecule has 2 aromatic carbocycles. The molecule has 1 N–H and O–H groups in total. The van der Waals surface area contributed by atoms with Crippen LogP contribution in [0.25, 0.3) is 0 Å². The van der Waals surface area contributed by atoms with E-state index in [1.807, 2.05) is 0 Å². The van der Waals surface area contributed by atoms with Crippen LogP contribution in [0, 0.1) is 0 Å². The third-order valence-corrected chi connectivity index (χ3v) is 4.95. The molecule has 0 saturated carbocycles. The second kappa shape index (κ2) is 9.27. The summed E-state index contributed by atoms with van der Waals surface area (Å²) in [6.45, 7) is 0. The van der Waals surface area contributed by atoms with Gasteiger partial charge in [0.25, 0.3) is 5.91 Å². The van der Waals surface area contributed by atoms with Crippen molar-refractivity contribution in [3.63, 3.8) is 0 Å². The third-order valence-electron chi connectivity index (χ3n) is 4.95. The summed E-state index contributed by atoms with van der Waals surface area (Å²) in [4.78, 5) is 17.1. The SMILES string of the molecule is COc1cc(OC)cc(C(NC(=O)c2cc(C(F)(F)F)cc(C(F)(F)F)c2)c2nccn2C)c1. The van der Waals surface area contributed by atoms with Gasteiger partial charge < -0.3 is 19.4 Å². The molecule has 0 bridgehead atoms. The fourth-order valence-corrected chi connectivity index (χ4v) is 3.25. The van der Waals surface area contributed by atoms with Gasteiger partial charge in [0.15, 0.2) is 0 Å². The number of ether oxygens (including phenoxy) is 2. The van der Waals surface area contributed by atoms with Crippen LogP contribution >= 0.6 is 0 Å². The van der Waals surface area contributed by atoms with Gasteiger partial charge in [-0.25, -0.2) is 4.98 Å². The number of rotatable bonds is 6. The number of hydrogen-bond acceptors (Lipinski definition) is 4. The molecule has 0 fully saturated rings. The number of halogens is 6. The van der Waals surface area contributed by atoms with E-state index in [-0.39, 0.29) is 11.9 Å². The zero-order valence-corrected chi connectivity index (χ0v) is 18.1. The van der Waals surface area contributed by atoms with E-state index in [2.05, 4.69) is 10.3 Å². The van der Waals surface area contributed by atoms with Gasteiger partial charge in [-0.15, -0.1) is 0 Å². The molecule has 182 valence electrons. The number of imidazole rings is 1. The van der Waals surface area contributed by atoms with Crippen molar-refractivity contribution < 1.29 is 40.6 Å². The van der Waals surface area contributed by atoms with Gasteiger partial charge in [0.2, 0.25) is 0 Å². The van der Waals surface area contributed by atoms with Crippen LogP contribution < -0.4 is 14.8 Å². The molecule has 0 aliphatic carbocycles. The minimum Gasteiger partial charge on any atom is -0.497 e. The maximum absolute atomic E-state index is 13.2. The van der Waals surface area contributed by atoms with Gasteiger partial charge in [0, 0.05) is 31.1 Å². The highest BCUT2D eigenvalue weighted by Gasteiger charge is 2.38. The van der Waals surface area contributed by atoms with E-state index in [1.165, 1.54) is 32.5 Å². The van der Waals surface area contributed by atoms with Crippen LogP contribution in [0.5, 0.6) is 11.5 Å². The average Bonchev–Trinajstić information content (AvgIpc) is 3.20. The lowest BCUT2D eigenvalue weighted by Crippen LogP contribution is -2.31. The van der Waals surface area contributed by atoms with E-state index in [0.29, 0.717) is 29.2 Å². The van der Waals surface area contributed by atoms with Crippen molar-refractivity contribution in [3.05, 3.63) is 76.9 Å². The number of carbonyl (C=O) groups excluding carboxylic acids is 1. The predicted molar refractivity (Wildman–Crippen MR) is 109 cm³/mol. The molecule has 3 aromatic rings. The van der Waals surface area contributed by atoms with Crippen molar-refractivity contribution in [1.82, 2.24) is 14.9 Å². The summed E-state index contributed by atoms with van der Waals surface area (Å²) in [6, 6.07) is 4.27. The molecule has 0 saturated heterocycles. The van der Waals surface area contributed by atoms with Crippen molar-refractivity contribution >= 4 is 5.91 Å². The molecule has 1 amide bonds. The van der Waals surface area contributed by atoms with Gasteiger partial charge in [0.1, 0.15) is 23.4 Å². The van der Waals surface area contributed by atoms with Crippen LogP contribution in [-0.2, 0) is 19.4 Å². The van der Waals surface area contributed by atoms with Gasteiger partial charge in [0.05, 0.1) is 25.3 Å². The fraction of sp³-hybridized carbons (Fsp3) is 0.273. The Morgan fingerprint density at radius 1 is 0.912 bits per heavy atom. The van der Waals surface area contributed by atoms with Crippen LogP contribution in [0.4, 0.5) is 26.3 Å². The predicted octanol–water partition coefficient (Wildman–Crippen LogP) is 4.99. The summed E-state index contributed by atoms with van der Waals surface area (Å²) >= 11 is 0. The lowest BCUT2D eigenvalue weighted by Gasteiger charge is -2.21. The molecule has 1 aromatic heterocycles. The van der Waals surface area contributed by atoms with Gasteiger partial charge in [-0.2, -0.15) is 26.3 Å². The molecular formula is C22H19F6N3O3. The van der Waals surface area contributed by atoms with Gasteiger partial charge in [-0.1, -0.05) is 0 Å². The summed E-state index contributed by atoms with van der Waals surface area (Å²) in [6.07, 6.45) is -7.18. The molecule has 3 rings (SSSR count). The third kappa shape index (κ3) is 5.43. The Morgan fingerprint density at radius 3 is 1.85 bits per heavy atom.